The van der Waals surface area contributed by atoms with Crippen molar-refractivity contribution < 1.29 is 22.7 Å². The van der Waals surface area contributed by atoms with Crippen LogP contribution >= 0.6 is 0 Å². The summed E-state index contributed by atoms with van der Waals surface area (Å²) >= 11 is 0. The molecule has 2 aromatic rings. The molecule has 2 N–H and O–H groups in total. The predicted octanol–water partition coefficient (Wildman–Crippen LogP) is 3.30. The zero-order chi connectivity index (χ0) is 21.9. The summed E-state index contributed by atoms with van der Waals surface area (Å²) in [6.07, 6.45) is 1.05. The standard InChI is InChI=1S/C21H19F3N4O2/c1-28-18(29)21(27-20(28)26,14-5-8-16(9-6-14)30-19(23)24)15-7-10-17(22)13(12-15)4-2-3-11-25/h5-10,12,19H,2-4H2,1H3,(H2,26,27). The summed E-state index contributed by atoms with van der Waals surface area (Å²) in [7, 11) is 1.47. The summed E-state index contributed by atoms with van der Waals surface area (Å²) in [6, 6.07) is 11.7. The molecular weight excluding hydrogens is 397 g/mol. The molecule has 1 atom stereocenters. The number of hydrogen-bond acceptors (Lipinski definition) is 5. The molecular formula is C21H19F3N4O2. The van der Waals surface area contributed by atoms with Crippen molar-refractivity contribution in [1.82, 2.24) is 4.90 Å². The molecule has 3 rings (SSSR count). The van der Waals surface area contributed by atoms with Gasteiger partial charge in [-0.15, -0.1) is 0 Å². The van der Waals surface area contributed by atoms with Gasteiger partial charge in [-0.2, -0.15) is 14.0 Å². The van der Waals surface area contributed by atoms with Crippen molar-refractivity contribution in [2.24, 2.45) is 10.7 Å². The molecule has 0 spiro atoms. The minimum atomic E-state index is -2.98. The number of unbranched alkanes of at least 4 members (excludes halogenated alkanes) is 1. The lowest BCUT2D eigenvalue weighted by Crippen LogP contribution is -2.41. The fourth-order valence-electron chi connectivity index (χ4n) is 3.41. The van der Waals surface area contributed by atoms with E-state index in [1.54, 1.807) is 0 Å². The number of hydrogen-bond donors (Lipinski definition) is 1. The normalized spacial score (nSPS) is 18.5. The summed E-state index contributed by atoms with van der Waals surface area (Å²) in [5.74, 6) is -1.01. The van der Waals surface area contributed by atoms with E-state index in [-0.39, 0.29) is 18.1 Å². The van der Waals surface area contributed by atoms with Crippen molar-refractivity contribution in [1.29, 1.82) is 5.26 Å². The summed E-state index contributed by atoms with van der Waals surface area (Å²) in [4.78, 5) is 18.8. The molecule has 0 saturated heterocycles. The van der Waals surface area contributed by atoms with Gasteiger partial charge in [0.25, 0.3) is 5.91 Å². The summed E-state index contributed by atoms with van der Waals surface area (Å²) in [5, 5.41) is 8.72. The Hall–Kier alpha value is -3.54. The highest BCUT2D eigenvalue weighted by molar-refractivity contribution is 6.08. The number of aryl methyl sites for hydroxylation is 1. The molecule has 1 aliphatic rings. The zero-order valence-electron chi connectivity index (χ0n) is 16.1. The van der Waals surface area contributed by atoms with Crippen LogP contribution in [-0.4, -0.2) is 30.4 Å². The summed E-state index contributed by atoms with van der Waals surface area (Å²) in [6.45, 7) is -2.98. The molecule has 6 nitrogen and oxygen atoms in total. The maximum atomic E-state index is 14.3. The molecule has 0 aliphatic carbocycles. The number of guanidine groups is 1. The first-order valence-corrected chi connectivity index (χ1v) is 9.14. The monoisotopic (exact) mass is 416 g/mol. The number of benzene rings is 2. The van der Waals surface area contributed by atoms with Crippen LogP contribution in [0.15, 0.2) is 47.5 Å². The number of aliphatic imine (C=N–C) groups is 1. The minimum absolute atomic E-state index is 0.0248. The molecule has 0 aromatic heterocycles. The van der Waals surface area contributed by atoms with Crippen LogP contribution in [-0.2, 0) is 16.8 Å². The van der Waals surface area contributed by atoms with E-state index in [4.69, 9.17) is 11.0 Å². The summed E-state index contributed by atoms with van der Waals surface area (Å²) in [5.41, 5.74) is 5.42. The van der Waals surface area contributed by atoms with Crippen LogP contribution in [0.1, 0.15) is 29.5 Å². The Kier molecular flexibility index (Phi) is 5.96. The third kappa shape index (κ3) is 3.81. The van der Waals surface area contributed by atoms with Crippen molar-refractivity contribution >= 4 is 11.9 Å². The van der Waals surface area contributed by atoms with E-state index in [1.165, 1.54) is 54.4 Å². The molecule has 0 bridgehead atoms. The number of rotatable bonds is 7. The number of nitrogens with two attached hydrogens (primary N) is 1. The Morgan fingerprint density at radius 2 is 1.90 bits per heavy atom. The molecule has 9 heteroatoms. The van der Waals surface area contributed by atoms with Gasteiger partial charge < -0.3 is 10.5 Å². The fourth-order valence-corrected chi connectivity index (χ4v) is 3.41. The quantitative estimate of drug-likeness (QED) is 0.701. The largest absolute Gasteiger partial charge is 0.435 e. The van der Waals surface area contributed by atoms with Gasteiger partial charge in [-0.1, -0.05) is 18.2 Å². The number of ether oxygens (including phenoxy) is 1. The van der Waals surface area contributed by atoms with Gasteiger partial charge in [-0.05, 0) is 53.8 Å². The van der Waals surface area contributed by atoms with E-state index in [0.717, 1.165) is 0 Å². The van der Waals surface area contributed by atoms with Crippen LogP contribution in [0, 0.1) is 17.1 Å². The van der Waals surface area contributed by atoms with Crippen molar-refractivity contribution in [3.8, 4) is 11.8 Å². The third-order valence-corrected chi connectivity index (χ3v) is 4.94. The average molecular weight is 416 g/mol. The molecule has 1 unspecified atom stereocenters. The van der Waals surface area contributed by atoms with Gasteiger partial charge in [-0.25, -0.2) is 9.38 Å². The third-order valence-electron chi connectivity index (χ3n) is 4.94. The van der Waals surface area contributed by atoms with Crippen LogP contribution < -0.4 is 10.5 Å². The minimum Gasteiger partial charge on any atom is -0.435 e. The predicted molar refractivity (Wildman–Crippen MR) is 103 cm³/mol. The van der Waals surface area contributed by atoms with E-state index in [0.29, 0.717) is 29.5 Å². The van der Waals surface area contributed by atoms with Gasteiger partial charge in [0.2, 0.25) is 0 Å². The van der Waals surface area contributed by atoms with E-state index in [1.807, 2.05) is 6.07 Å². The first-order chi connectivity index (χ1) is 14.3. The lowest BCUT2D eigenvalue weighted by Gasteiger charge is -2.27. The number of halogens is 3. The number of likely N-dealkylation sites (N-methyl/N-ethyl adjacent to an activating group) is 1. The molecule has 0 fully saturated rings. The van der Waals surface area contributed by atoms with Crippen LogP contribution in [0.3, 0.4) is 0 Å². The Morgan fingerprint density at radius 3 is 2.47 bits per heavy atom. The number of amides is 1. The Morgan fingerprint density at radius 1 is 1.23 bits per heavy atom. The van der Waals surface area contributed by atoms with Crippen molar-refractivity contribution in [2.75, 3.05) is 7.05 Å². The van der Waals surface area contributed by atoms with E-state index in [2.05, 4.69) is 9.73 Å². The highest BCUT2D eigenvalue weighted by atomic mass is 19.3. The van der Waals surface area contributed by atoms with Crippen molar-refractivity contribution in [2.45, 2.75) is 31.4 Å². The molecule has 156 valence electrons. The van der Waals surface area contributed by atoms with Gasteiger partial charge in [0.05, 0.1) is 6.07 Å². The van der Waals surface area contributed by atoms with E-state index in [9.17, 15) is 18.0 Å². The molecule has 1 aliphatic heterocycles. The van der Waals surface area contributed by atoms with E-state index >= 15 is 0 Å². The molecule has 2 aromatic carbocycles. The zero-order valence-corrected chi connectivity index (χ0v) is 16.1. The first-order valence-electron chi connectivity index (χ1n) is 9.14. The maximum absolute atomic E-state index is 14.3. The molecule has 1 heterocycles. The van der Waals surface area contributed by atoms with Crippen LogP contribution in [0.5, 0.6) is 5.75 Å². The van der Waals surface area contributed by atoms with Crippen molar-refractivity contribution in [3.63, 3.8) is 0 Å². The second kappa shape index (κ2) is 8.45. The Bertz CT molecular complexity index is 1020. The number of alkyl halides is 2. The first kappa shape index (κ1) is 21.2. The van der Waals surface area contributed by atoms with Gasteiger partial charge in [0.15, 0.2) is 11.5 Å². The van der Waals surface area contributed by atoms with Gasteiger partial charge in [-0.3, -0.25) is 9.69 Å². The number of nitrogens with zero attached hydrogens (tertiary/aromatic N) is 3. The van der Waals surface area contributed by atoms with Crippen LogP contribution in [0.4, 0.5) is 13.2 Å². The smallest absolute Gasteiger partial charge is 0.387 e. The Balaban J connectivity index is 2.10. The Labute approximate surface area is 171 Å². The van der Waals surface area contributed by atoms with Gasteiger partial charge in [0.1, 0.15) is 11.6 Å². The molecule has 30 heavy (non-hydrogen) atoms. The number of carbonyl (C=O) groups is 1. The average Bonchev–Trinajstić information content (AvgIpc) is 2.94. The van der Waals surface area contributed by atoms with E-state index < -0.39 is 23.9 Å². The van der Waals surface area contributed by atoms with Gasteiger partial charge >= 0.3 is 6.61 Å². The SMILES string of the molecule is CN1C(=O)C(c2ccc(OC(F)F)cc2)(c2ccc(F)c(CCCC#N)c2)N=C1N. The second-order valence-corrected chi connectivity index (χ2v) is 6.77. The lowest BCUT2D eigenvalue weighted by molar-refractivity contribution is -0.129. The molecule has 1 amide bonds. The lowest BCUT2D eigenvalue weighted by atomic mass is 9.81. The second-order valence-electron chi connectivity index (χ2n) is 6.77. The fraction of sp³-hybridized carbons (Fsp3) is 0.286. The van der Waals surface area contributed by atoms with Gasteiger partial charge in [0, 0.05) is 13.5 Å². The highest BCUT2D eigenvalue weighted by Crippen LogP contribution is 2.40. The highest BCUT2D eigenvalue weighted by Gasteiger charge is 2.49. The topological polar surface area (TPSA) is 91.7 Å². The molecule has 0 saturated carbocycles. The maximum Gasteiger partial charge on any atom is 0.387 e. The van der Waals surface area contributed by atoms with Crippen LogP contribution in [0.2, 0.25) is 0 Å². The number of nitriles is 1. The molecule has 0 radical (unpaired) electrons. The summed E-state index contributed by atoms with van der Waals surface area (Å²) < 4.78 is 43.6. The van der Waals surface area contributed by atoms with Crippen LogP contribution in [0.25, 0.3) is 0 Å². The van der Waals surface area contributed by atoms with Crippen molar-refractivity contribution in [3.05, 3.63) is 65.0 Å². The number of carbonyl (C=O) groups excluding carboxylic acids is 1.